The van der Waals surface area contributed by atoms with Crippen LogP contribution in [0.15, 0.2) is 110 Å². The summed E-state index contributed by atoms with van der Waals surface area (Å²) >= 11 is 0. The van der Waals surface area contributed by atoms with Gasteiger partial charge in [0.2, 0.25) is 13.1 Å². The number of pyridine rings is 2. The van der Waals surface area contributed by atoms with E-state index in [0.717, 1.165) is 13.1 Å². The summed E-state index contributed by atoms with van der Waals surface area (Å²) in [5.74, 6) is 0. The topological polar surface area (TPSA) is 7.76 Å². The highest BCUT2D eigenvalue weighted by Gasteiger charge is 2.09. The standard InChI is InChI=1S/C24H22N2.2BrH/c1-3-9-21(10-4-1)23-13-7-15-25(19-23)17-18-26-16-8-14-24(20-26)22-11-5-2-6-12-22;;/h1-16,19-20H,17-18H2;2*1H/q+2;;/p-2. The quantitative estimate of drug-likeness (QED) is 0.290. The molecule has 0 unspecified atom stereocenters. The number of hydrogen-bond acceptors (Lipinski definition) is 0. The van der Waals surface area contributed by atoms with E-state index in [0.29, 0.717) is 0 Å². The van der Waals surface area contributed by atoms with Crippen LogP contribution >= 0.6 is 0 Å². The van der Waals surface area contributed by atoms with E-state index in [2.05, 4.69) is 119 Å². The summed E-state index contributed by atoms with van der Waals surface area (Å²) in [7, 11) is 0. The van der Waals surface area contributed by atoms with Gasteiger partial charge in [0.1, 0.15) is 0 Å². The summed E-state index contributed by atoms with van der Waals surface area (Å²) in [5, 5.41) is 0. The first-order chi connectivity index (χ1) is 12.9. The molecule has 0 fully saturated rings. The van der Waals surface area contributed by atoms with E-state index in [4.69, 9.17) is 0 Å². The lowest BCUT2D eigenvalue weighted by Gasteiger charge is -2.02. The van der Waals surface area contributed by atoms with Crippen LogP contribution in [-0.4, -0.2) is 0 Å². The van der Waals surface area contributed by atoms with Gasteiger partial charge in [0.05, 0.1) is 0 Å². The van der Waals surface area contributed by atoms with Crippen molar-refractivity contribution in [2.75, 3.05) is 0 Å². The fourth-order valence-corrected chi connectivity index (χ4v) is 3.16. The SMILES string of the molecule is [Br-].[Br-].c1ccc(-c2ccc[n+](CC[n+]3cccc(-c4ccccc4)c3)c2)cc1. The zero-order valence-electron chi connectivity index (χ0n) is 15.5. The van der Waals surface area contributed by atoms with Gasteiger partial charge in [0, 0.05) is 23.3 Å². The fourth-order valence-electron chi connectivity index (χ4n) is 3.16. The first-order valence-corrected chi connectivity index (χ1v) is 8.97. The van der Waals surface area contributed by atoms with E-state index >= 15 is 0 Å². The molecule has 4 rings (SSSR count). The third-order valence-electron chi connectivity index (χ3n) is 4.55. The van der Waals surface area contributed by atoms with Crippen LogP contribution < -0.4 is 43.1 Å². The predicted octanol–water partition coefficient (Wildman–Crippen LogP) is -1.70. The number of benzene rings is 2. The number of halogens is 2. The molecule has 2 aromatic carbocycles. The average Bonchev–Trinajstić information content (AvgIpc) is 2.74. The van der Waals surface area contributed by atoms with Crippen molar-refractivity contribution in [1.82, 2.24) is 0 Å². The minimum absolute atomic E-state index is 0. The Bertz CT molecular complexity index is 906. The lowest BCUT2D eigenvalue weighted by atomic mass is 10.1. The van der Waals surface area contributed by atoms with Gasteiger partial charge in [-0.05, 0) is 23.3 Å². The first-order valence-electron chi connectivity index (χ1n) is 8.97. The summed E-state index contributed by atoms with van der Waals surface area (Å²) < 4.78 is 4.51. The molecule has 0 aliphatic heterocycles. The number of aryl methyl sites for hydroxylation is 2. The smallest absolute Gasteiger partial charge is 0.206 e. The Morgan fingerprint density at radius 3 is 1.18 bits per heavy atom. The van der Waals surface area contributed by atoms with Gasteiger partial charge in [-0.25, -0.2) is 0 Å². The number of rotatable bonds is 5. The van der Waals surface area contributed by atoms with Crippen molar-refractivity contribution in [3.05, 3.63) is 110 Å². The molecule has 0 spiro atoms. The fraction of sp³-hybridized carbons (Fsp3) is 0.0833. The summed E-state index contributed by atoms with van der Waals surface area (Å²) in [5.41, 5.74) is 4.99. The van der Waals surface area contributed by atoms with Gasteiger partial charge in [-0.15, -0.1) is 0 Å². The Morgan fingerprint density at radius 2 is 0.786 bits per heavy atom. The second-order valence-corrected chi connectivity index (χ2v) is 6.39. The highest BCUT2D eigenvalue weighted by molar-refractivity contribution is 5.61. The summed E-state index contributed by atoms with van der Waals surface area (Å²) in [6.45, 7) is 1.87. The van der Waals surface area contributed by atoms with E-state index in [-0.39, 0.29) is 34.0 Å². The van der Waals surface area contributed by atoms with Crippen molar-refractivity contribution in [1.29, 1.82) is 0 Å². The van der Waals surface area contributed by atoms with Gasteiger partial charge in [-0.3, -0.25) is 0 Å². The molecule has 0 saturated carbocycles. The Balaban J connectivity index is 0.00000140. The van der Waals surface area contributed by atoms with Crippen LogP contribution in [0.5, 0.6) is 0 Å². The average molecular weight is 498 g/mol. The molecule has 0 aliphatic rings. The zero-order chi connectivity index (χ0) is 17.6. The van der Waals surface area contributed by atoms with Crippen molar-refractivity contribution in [2.24, 2.45) is 0 Å². The summed E-state index contributed by atoms with van der Waals surface area (Å²) in [6, 6.07) is 29.6. The van der Waals surface area contributed by atoms with Crippen LogP contribution in [0, 0.1) is 0 Å². The Labute approximate surface area is 187 Å². The van der Waals surface area contributed by atoms with Crippen LogP contribution in [0.4, 0.5) is 0 Å². The monoisotopic (exact) mass is 496 g/mol. The summed E-state index contributed by atoms with van der Waals surface area (Å²) in [4.78, 5) is 0. The van der Waals surface area contributed by atoms with E-state index in [1.54, 1.807) is 0 Å². The molecule has 0 atom stereocenters. The van der Waals surface area contributed by atoms with E-state index in [1.165, 1.54) is 22.3 Å². The maximum atomic E-state index is 2.25. The van der Waals surface area contributed by atoms with Gasteiger partial charge >= 0.3 is 0 Å². The van der Waals surface area contributed by atoms with Gasteiger partial charge in [0.25, 0.3) is 0 Å². The van der Waals surface area contributed by atoms with Crippen LogP contribution in [0.1, 0.15) is 0 Å². The normalized spacial score (nSPS) is 9.86. The van der Waals surface area contributed by atoms with Gasteiger partial charge in [-0.1, -0.05) is 60.7 Å². The molecule has 2 heterocycles. The summed E-state index contributed by atoms with van der Waals surface area (Å²) in [6.07, 6.45) is 8.70. The molecular formula is C24H22Br2N2. The largest absolute Gasteiger partial charge is 1.00 e. The minimum atomic E-state index is 0. The van der Waals surface area contributed by atoms with Crippen LogP contribution in [0.2, 0.25) is 0 Å². The van der Waals surface area contributed by atoms with E-state index < -0.39 is 0 Å². The van der Waals surface area contributed by atoms with Crippen molar-refractivity contribution in [3.63, 3.8) is 0 Å². The molecule has 4 aromatic rings. The molecule has 0 bridgehead atoms. The molecule has 2 nitrogen and oxygen atoms in total. The molecule has 28 heavy (non-hydrogen) atoms. The highest BCUT2D eigenvalue weighted by atomic mass is 79.9. The number of hydrogen-bond donors (Lipinski definition) is 0. The Morgan fingerprint density at radius 1 is 0.429 bits per heavy atom. The molecule has 0 amide bonds. The maximum Gasteiger partial charge on any atom is 0.206 e. The first kappa shape index (κ1) is 22.0. The third kappa shape index (κ3) is 5.60. The lowest BCUT2D eigenvalue weighted by Crippen LogP contribution is -3.00. The van der Waals surface area contributed by atoms with Crippen LogP contribution in [-0.2, 0) is 13.1 Å². The lowest BCUT2D eigenvalue weighted by molar-refractivity contribution is -0.778. The highest BCUT2D eigenvalue weighted by Crippen LogP contribution is 2.17. The Kier molecular flexibility index (Phi) is 8.55. The van der Waals surface area contributed by atoms with Gasteiger partial charge < -0.3 is 34.0 Å². The molecule has 0 saturated heterocycles. The zero-order valence-corrected chi connectivity index (χ0v) is 18.6. The van der Waals surface area contributed by atoms with Crippen LogP contribution in [0.25, 0.3) is 22.3 Å². The second-order valence-electron chi connectivity index (χ2n) is 6.39. The Hall–Kier alpha value is -2.30. The molecular weight excluding hydrogens is 476 g/mol. The second kappa shape index (κ2) is 10.9. The van der Waals surface area contributed by atoms with Gasteiger partial charge in [-0.2, -0.15) is 9.13 Å². The van der Waals surface area contributed by atoms with E-state index in [9.17, 15) is 0 Å². The van der Waals surface area contributed by atoms with Crippen molar-refractivity contribution < 1.29 is 43.1 Å². The van der Waals surface area contributed by atoms with E-state index in [1.807, 2.05) is 0 Å². The molecule has 0 N–H and O–H groups in total. The molecule has 0 aliphatic carbocycles. The molecule has 142 valence electrons. The number of aromatic nitrogens is 2. The van der Waals surface area contributed by atoms with Gasteiger partial charge in [0.15, 0.2) is 24.8 Å². The third-order valence-corrected chi connectivity index (χ3v) is 4.55. The molecule has 2 aromatic heterocycles. The van der Waals surface area contributed by atoms with Crippen molar-refractivity contribution >= 4 is 0 Å². The molecule has 4 heteroatoms. The minimum Gasteiger partial charge on any atom is -1.00 e. The molecule has 0 radical (unpaired) electrons. The van der Waals surface area contributed by atoms with Crippen molar-refractivity contribution in [2.45, 2.75) is 13.1 Å². The number of nitrogens with zero attached hydrogens (tertiary/aromatic N) is 2. The maximum absolute atomic E-state index is 2.25. The van der Waals surface area contributed by atoms with Crippen LogP contribution in [0.3, 0.4) is 0 Å². The predicted molar refractivity (Wildman–Crippen MR) is 104 cm³/mol. The van der Waals surface area contributed by atoms with Crippen molar-refractivity contribution in [3.8, 4) is 22.3 Å².